The normalized spacial score (nSPS) is 19.1. The number of ether oxygens (including phenoxy) is 1. The van der Waals surface area contributed by atoms with E-state index >= 15 is 0 Å². The van der Waals surface area contributed by atoms with Gasteiger partial charge in [0, 0.05) is 30.3 Å². The van der Waals surface area contributed by atoms with E-state index in [0.29, 0.717) is 23.9 Å². The van der Waals surface area contributed by atoms with Crippen molar-refractivity contribution in [3.05, 3.63) is 28.5 Å². The fraction of sp³-hybridized carbons (Fsp3) is 0.600. The van der Waals surface area contributed by atoms with Crippen molar-refractivity contribution in [2.24, 2.45) is 0 Å². The molecule has 1 fully saturated rings. The number of nitrogens with zero attached hydrogens (tertiary/aromatic N) is 2. The van der Waals surface area contributed by atoms with Crippen molar-refractivity contribution >= 4 is 17.5 Å². The van der Waals surface area contributed by atoms with Gasteiger partial charge in [-0.2, -0.15) is 0 Å². The molecule has 20 heavy (non-hydrogen) atoms. The molecule has 1 aliphatic rings. The highest BCUT2D eigenvalue weighted by Crippen LogP contribution is 2.24. The summed E-state index contributed by atoms with van der Waals surface area (Å²) >= 11 is 6.06. The minimum absolute atomic E-state index is 0.0321. The molecule has 5 heteroatoms. The maximum atomic E-state index is 12.5. The first-order valence-corrected chi connectivity index (χ1v) is 7.20. The zero-order valence-corrected chi connectivity index (χ0v) is 13.2. The first kappa shape index (κ1) is 15.3. The highest BCUT2D eigenvalue weighted by molar-refractivity contribution is 6.29. The van der Waals surface area contributed by atoms with E-state index in [-0.39, 0.29) is 17.4 Å². The van der Waals surface area contributed by atoms with Crippen LogP contribution in [0.2, 0.25) is 5.15 Å². The predicted octanol–water partition coefficient (Wildman–Crippen LogP) is 2.89. The van der Waals surface area contributed by atoms with Crippen molar-refractivity contribution in [3.63, 3.8) is 0 Å². The molecular weight excluding hydrogens is 276 g/mol. The molecule has 1 atom stereocenters. The summed E-state index contributed by atoms with van der Waals surface area (Å²) in [6.07, 6.45) is 0.882. The minimum atomic E-state index is -0.144. The molecule has 0 bridgehead atoms. The van der Waals surface area contributed by atoms with E-state index in [1.54, 1.807) is 11.0 Å². The summed E-state index contributed by atoms with van der Waals surface area (Å²) in [5.41, 5.74) is 1.27. The number of aromatic nitrogens is 1. The molecule has 1 unspecified atom stereocenters. The molecule has 0 N–H and O–H groups in total. The molecule has 0 aliphatic carbocycles. The van der Waals surface area contributed by atoms with Crippen LogP contribution in [0.15, 0.2) is 12.1 Å². The first-order chi connectivity index (χ1) is 9.29. The molecule has 1 aromatic heterocycles. The van der Waals surface area contributed by atoms with Crippen molar-refractivity contribution in [1.82, 2.24) is 9.88 Å². The van der Waals surface area contributed by atoms with Crippen molar-refractivity contribution in [3.8, 4) is 0 Å². The van der Waals surface area contributed by atoms with Crippen LogP contribution in [0, 0.1) is 0 Å². The molecule has 1 saturated heterocycles. The van der Waals surface area contributed by atoms with Crippen LogP contribution in [-0.2, 0) is 10.2 Å². The van der Waals surface area contributed by atoms with Gasteiger partial charge in [-0.1, -0.05) is 32.4 Å². The molecule has 4 nitrogen and oxygen atoms in total. The number of hydrogen-bond acceptors (Lipinski definition) is 3. The van der Waals surface area contributed by atoms with E-state index in [1.807, 2.05) is 13.1 Å². The summed E-state index contributed by atoms with van der Waals surface area (Å²) < 4.78 is 5.33. The zero-order valence-electron chi connectivity index (χ0n) is 12.4. The van der Waals surface area contributed by atoms with Crippen LogP contribution in [0.3, 0.4) is 0 Å². The van der Waals surface area contributed by atoms with Crippen LogP contribution in [0.4, 0.5) is 0 Å². The van der Waals surface area contributed by atoms with E-state index in [9.17, 15) is 4.79 Å². The SMILES string of the molecule is CN(C(=O)c1cc(Cl)nc(C(C)(C)C)c1)C1CCOC1. The summed E-state index contributed by atoms with van der Waals surface area (Å²) in [6.45, 7) is 7.47. The van der Waals surface area contributed by atoms with Gasteiger partial charge in [-0.05, 0) is 18.6 Å². The van der Waals surface area contributed by atoms with Gasteiger partial charge in [0.05, 0.1) is 12.6 Å². The average molecular weight is 297 g/mol. The summed E-state index contributed by atoms with van der Waals surface area (Å²) in [5, 5.41) is 0.358. The van der Waals surface area contributed by atoms with Gasteiger partial charge in [0.15, 0.2) is 0 Å². The lowest BCUT2D eigenvalue weighted by atomic mass is 9.90. The second-order valence-electron chi connectivity index (χ2n) is 6.25. The Morgan fingerprint density at radius 3 is 2.70 bits per heavy atom. The number of carbonyl (C=O) groups excluding carboxylic acids is 1. The Morgan fingerprint density at radius 2 is 2.15 bits per heavy atom. The molecule has 1 amide bonds. The number of likely N-dealkylation sites (N-methyl/N-ethyl adjacent to an activating group) is 1. The summed E-state index contributed by atoms with van der Waals surface area (Å²) in [5.74, 6) is -0.0321. The Labute approximate surface area is 125 Å². The van der Waals surface area contributed by atoms with Crippen molar-refractivity contribution < 1.29 is 9.53 Å². The van der Waals surface area contributed by atoms with Crippen molar-refractivity contribution in [2.45, 2.75) is 38.6 Å². The number of hydrogen-bond donors (Lipinski definition) is 0. The zero-order chi connectivity index (χ0) is 14.9. The molecule has 0 aromatic carbocycles. The fourth-order valence-corrected chi connectivity index (χ4v) is 2.41. The molecular formula is C15H21ClN2O2. The summed E-state index contributed by atoms with van der Waals surface area (Å²) in [4.78, 5) is 18.6. The van der Waals surface area contributed by atoms with Crippen LogP contribution in [0.25, 0.3) is 0 Å². The largest absolute Gasteiger partial charge is 0.379 e. The lowest BCUT2D eigenvalue weighted by Crippen LogP contribution is -2.37. The monoisotopic (exact) mass is 296 g/mol. The van der Waals surface area contributed by atoms with Crippen LogP contribution in [0.1, 0.15) is 43.2 Å². The second kappa shape index (κ2) is 5.70. The second-order valence-corrected chi connectivity index (χ2v) is 6.63. The third kappa shape index (κ3) is 3.30. The lowest BCUT2D eigenvalue weighted by molar-refractivity contribution is 0.0711. The van der Waals surface area contributed by atoms with Crippen molar-refractivity contribution in [1.29, 1.82) is 0 Å². The number of amides is 1. The number of carbonyl (C=O) groups is 1. The molecule has 2 rings (SSSR count). The van der Waals surface area contributed by atoms with Crippen LogP contribution in [0.5, 0.6) is 0 Å². The van der Waals surface area contributed by atoms with Gasteiger partial charge in [0.1, 0.15) is 5.15 Å². The molecule has 0 spiro atoms. The van der Waals surface area contributed by atoms with Gasteiger partial charge in [0.2, 0.25) is 0 Å². The molecule has 0 saturated carbocycles. The first-order valence-electron chi connectivity index (χ1n) is 6.82. The molecule has 1 aliphatic heterocycles. The minimum Gasteiger partial charge on any atom is -0.379 e. The third-order valence-electron chi connectivity index (χ3n) is 3.58. The van der Waals surface area contributed by atoms with Gasteiger partial charge in [-0.3, -0.25) is 4.79 Å². The average Bonchev–Trinajstić information content (AvgIpc) is 2.89. The van der Waals surface area contributed by atoms with E-state index in [0.717, 1.165) is 12.1 Å². The van der Waals surface area contributed by atoms with Crippen molar-refractivity contribution in [2.75, 3.05) is 20.3 Å². The highest BCUT2D eigenvalue weighted by atomic mass is 35.5. The van der Waals surface area contributed by atoms with Crippen LogP contribution < -0.4 is 0 Å². The smallest absolute Gasteiger partial charge is 0.254 e. The maximum Gasteiger partial charge on any atom is 0.254 e. The molecule has 110 valence electrons. The molecule has 2 heterocycles. The quantitative estimate of drug-likeness (QED) is 0.788. The summed E-state index contributed by atoms with van der Waals surface area (Å²) in [7, 11) is 1.81. The Kier molecular flexibility index (Phi) is 4.35. The number of halogens is 1. The topological polar surface area (TPSA) is 42.4 Å². The van der Waals surface area contributed by atoms with Gasteiger partial charge in [-0.25, -0.2) is 4.98 Å². The van der Waals surface area contributed by atoms with E-state index in [4.69, 9.17) is 16.3 Å². The van der Waals surface area contributed by atoms with Gasteiger partial charge >= 0.3 is 0 Å². The van der Waals surface area contributed by atoms with Crippen LogP contribution in [-0.4, -0.2) is 42.1 Å². The maximum absolute atomic E-state index is 12.5. The number of pyridine rings is 1. The Morgan fingerprint density at radius 1 is 1.45 bits per heavy atom. The van der Waals surface area contributed by atoms with E-state index in [1.165, 1.54) is 0 Å². The molecule has 0 radical (unpaired) electrons. The standard InChI is InChI=1S/C15H21ClN2O2/c1-15(2,3)12-7-10(8-13(16)17-12)14(19)18(4)11-5-6-20-9-11/h7-8,11H,5-6,9H2,1-4H3. The Hall–Kier alpha value is -1.13. The Balaban J connectivity index is 2.27. The number of rotatable bonds is 2. The van der Waals surface area contributed by atoms with Gasteiger partial charge < -0.3 is 9.64 Å². The van der Waals surface area contributed by atoms with Gasteiger partial charge in [-0.15, -0.1) is 0 Å². The van der Waals surface area contributed by atoms with Gasteiger partial charge in [0.25, 0.3) is 5.91 Å². The predicted molar refractivity (Wildman–Crippen MR) is 79.3 cm³/mol. The molecule has 1 aromatic rings. The fourth-order valence-electron chi connectivity index (χ4n) is 2.20. The highest BCUT2D eigenvalue weighted by Gasteiger charge is 2.26. The lowest BCUT2D eigenvalue weighted by Gasteiger charge is -2.24. The third-order valence-corrected chi connectivity index (χ3v) is 3.78. The van der Waals surface area contributed by atoms with E-state index in [2.05, 4.69) is 25.8 Å². The summed E-state index contributed by atoms with van der Waals surface area (Å²) in [6, 6.07) is 3.61. The van der Waals surface area contributed by atoms with Crippen LogP contribution >= 0.6 is 11.6 Å². The van der Waals surface area contributed by atoms with E-state index < -0.39 is 0 Å². The Bertz CT molecular complexity index is 505.